The van der Waals surface area contributed by atoms with Crippen molar-refractivity contribution in [3.63, 3.8) is 0 Å². The van der Waals surface area contributed by atoms with Gasteiger partial charge in [-0.25, -0.2) is 4.39 Å². The Kier molecular flexibility index (Phi) is 4.50. The first-order chi connectivity index (χ1) is 9.06. The summed E-state index contributed by atoms with van der Waals surface area (Å²) in [4.78, 5) is 4.05. The Hall–Kier alpha value is -1.46. The molecule has 5 heteroatoms. The van der Waals surface area contributed by atoms with E-state index in [1.807, 2.05) is 13.0 Å². The van der Waals surface area contributed by atoms with E-state index in [-0.39, 0.29) is 11.9 Å². The highest BCUT2D eigenvalue weighted by atomic mass is 79.9. The molecule has 19 heavy (non-hydrogen) atoms. The zero-order chi connectivity index (χ0) is 13.8. The molecule has 0 fully saturated rings. The minimum Gasteiger partial charge on any atom is -0.488 e. The minimum absolute atomic E-state index is 0.212. The van der Waals surface area contributed by atoms with Gasteiger partial charge in [-0.15, -0.1) is 0 Å². The molecule has 1 aromatic heterocycles. The maximum absolute atomic E-state index is 13.3. The number of rotatable bonds is 4. The predicted octanol–water partition coefficient (Wildman–Crippen LogP) is 3.58. The summed E-state index contributed by atoms with van der Waals surface area (Å²) in [6.07, 6.45) is 3.40. The van der Waals surface area contributed by atoms with Gasteiger partial charge in [-0.1, -0.05) is 6.07 Å². The van der Waals surface area contributed by atoms with Gasteiger partial charge in [-0.3, -0.25) is 4.98 Å². The zero-order valence-electron chi connectivity index (χ0n) is 10.4. The van der Waals surface area contributed by atoms with Crippen molar-refractivity contribution >= 4 is 15.9 Å². The molecule has 1 heterocycles. The van der Waals surface area contributed by atoms with Gasteiger partial charge < -0.3 is 10.5 Å². The molecule has 100 valence electrons. The molecular weight excluding hydrogens is 311 g/mol. The van der Waals surface area contributed by atoms with E-state index in [0.717, 1.165) is 15.6 Å². The second kappa shape index (κ2) is 6.12. The van der Waals surface area contributed by atoms with Crippen molar-refractivity contribution in [2.45, 2.75) is 19.6 Å². The Labute approximate surface area is 119 Å². The van der Waals surface area contributed by atoms with Gasteiger partial charge in [-0.2, -0.15) is 0 Å². The lowest BCUT2D eigenvalue weighted by Gasteiger charge is -2.14. The monoisotopic (exact) mass is 324 g/mol. The summed E-state index contributed by atoms with van der Waals surface area (Å²) < 4.78 is 19.8. The number of hydrogen-bond acceptors (Lipinski definition) is 3. The molecule has 1 atom stereocenters. The van der Waals surface area contributed by atoms with Crippen LogP contribution in [0, 0.1) is 5.82 Å². The fraction of sp³-hybridized carbons (Fsp3) is 0.214. The molecule has 0 aliphatic heterocycles. The van der Waals surface area contributed by atoms with Crippen LogP contribution in [0.5, 0.6) is 5.75 Å². The van der Waals surface area contributed by atoms with Crippen LogP contribution in [-0.4, -0.2) is 4.98 Å². The van der Waals surface area contributed by atoms with Gasteiger partial charge in [0.05, 0.1) is 0 Å². The van der Waals surface area contributed by atoms with Crippen LogP contribution in [0.25, 0.3) is 0 Å². The van der Waals surface area contributed by atoms with Crippen molar-refractivity contribution in [1.29, 1.82) is 0 Å². The largest absolute Gasteiger partial charge is 0.488 e. The van der Waals surface area contributed by atoms with E-state index in [4.69, 9.17) is 10.5 Å². The van der Waals surface area contributed by atoms with Crippen LogP contribution in [0.4, 0.5) is 4.39 Å². The van der Waals surface area contributed by atoms with Gasteiger partial charge in [-0.05, 0) is 35.0 Å². The fourth-order valence-corrected chi connectivity index (χ4v) is 2.12. The lowest BCUT2D eigenvalue weighted by molar-refractivity contribution is 0.299. The molecule has 3 nitrogen and oxygen atoms in total. The van der Waals surface area contributed by atoms with Gasteiger partial charge in [0.1, 0.15) is 18.2 Å². The summed E-state index contributed by atoms with van der Waals surface area (Å²) in [7, 11) is 0. The average Bonchev–Trinajstić information content (AvgIpc) is 2.36. The lowest BCUT2D eigenvalue weighted by Crippen LogP contribution is -2.08. The Bertz CT molecular complexity index is 575. The van der Waals surface area contributed by atoms with E-state index < -0.39 is 0 Å². The smallest absolute Gasteiger partial charge is 0.127 e. The Balaban J connectivity index is 2.17. The van der Waals surface area contributed by atoms with Gasteiger partial charge >= 0.3 is 0 Å². The molecule has 1 aromatic carbocycles. The molecule has 2 aromatic rings. The van der Waals surface area contributed by atoms with Crippen LogP contribution in [0.1, 0.15) is 24.1 Å². The molecule has 0 spiro atoms. The highest BCUT2D eigenvalue weighted by molar-refractivity contribution is 9.10. The number of halogens is 2. The number of aromatic nitrogens is 1. The lowest BCUT2D eigenvalue weighted by atomic mass is 10.1. The van der Waals surface area contributed by atoms with Gasteiger partial charge in [0.25, 0.3) is 0 Å². The summed E-state index contributed by atoms with van der Waals surface area (Å²) in [6, 6.07) is 6.07. The van der Waals surface area contributed by atoms with Crippen molar-refractivity contribution < 1.29 is 9.13 Å². The first-order valence-corrected chi connectivity index (χ1v) is 6.63. The molecule has 1 unspecified atom stereocenters. The van der Waals surface area contributed by atoms with E-state index in [1.54, 1.807) is 18.5 Å². The second-order valence-corrected chi connectivity index (χ2v) is 5.19. The van der Waals surface area contributed by atoms with Gasteiger partial charge in [0, 0.05) is 40.1 Å². The average molecular weight is 325 g/mol. The van der Waals surface area contributed by atoms with Crippen molar-refractivity contribution in [2.24, 2.45) is 5.73 Å². The van der Waals surface area contributed by atoms with Crippen molar-refractivity contribution in [3.8, 4) is 5.75 Å². The number of benzene rings is 1. The van der Waals surface area contributed by atoms with Crippen LogP contribution < -0.4 is 10.5 Å². The Morgan fingerprint density at radius 3 is 2.84 bits per heavy atom. The van der Waals surface area contributed by atoms with Gasteiger partial charge in [0.15, 0.2) is 0 Å². The first-order valence-electron chi connectivity index (χ1n) is 5.83. The normalized spacial score (nSPS) is 12.2. The van der Waals surface area contributed by atoms with Crippen LogP contribution in [-0.2, 0) is 6.61 Å². The Morgan fingerprint density at radius 1 is 1.37 bits per heavy atom. The summed E-state index contributed by atoms with van der Waals surface area (Å²) in [6.45, 7) is 2.15. The molecule has 0 saturated heterocycles. The predicted molar refractivity (Wildman–Crippen MR) is 75.3 cm³/mol. The van der Waals surface area contributed by atoms with Crippen LogP contribution in [0.3, 0.4) is 0 Å². The number of ether oxygens (including phenoxy) is 1. The molecule has 0 bridgehead atoms. The third-order valence-corrected chi connectivity index (χ3v) is 3.06. The standard InChI is InChI=1S/C14H14BrFN2O/c1-9(17)13-3-2-12(16)5-14(13)19-8-10-4-11(15)7-18-6-10/h2-7,9H,8,17H2,1H3. The highest BCUT2D eigenvalue weighted by Gasteiger charge is 2.09. The molecule has 0 radical (unpaired) electrons. The van der Waals surface area contributed by atoms with E-state index in [0.29, 0.717) is 12.4 Å². The van der Waals surface area contributed by atoms with Gasteiger partial charge in [0.2, 0.25) is 0 Å². The molecule has 0 saturated carbocycles. The molecule has 2 rings (SSSR count). The SMILES string of the molecule is CC(N)c1ccc(F)cc1OCc1cncc(Br)c1. The first kappa shape index (κ1) is 14.0. The number of nitrogens with two attached hydrogens (primary N) is 1. The summed E-state index contributed by atoms with van der Waals surface area (Å²) in [5.74, 6) is 0.127. The number of nitrogens with zero attached hydrogens (tertiary/aromatic N) is 1. The summed E-state index contributed by atoms with van der Waals surface area (Å²) in [5.41, 5.74) is 7.51. The molecule has 0 amide bonds. The van der Waals surface area contributed by atoms with E-state index in [1.165, 1.54) is 12.1 Å². The van der Waals surface area contributed by atoms with Crippen molar-refractivity contribution in [1.82, 2.24) is 4.98 Å². The maximum atomic E-state index is 13.3. The van der Waals surface area contributed by atoms with E-state index >= 15 is 0 Å². The minimum atomic E-state index is -0.341. The van der Waals surface area contributed by atoms with Crippen LogP contribution in [0.15, 0.2) is 41.1 Å². The van der Waals surface area contributed by atoms with Crippen molar-refractivity contribution in [3.05, 3.63) is 58.1 Å². The van der Waals surface area contributed by atoms with E-state index in [9.17, 15) is 4.39 Å². The maximum Gasteiger partial charge on any atom is 0.127 e. The van der Waals surface area contributed by atoms with Crippen LogP contribution >= 0.6 is 15.9 Å². The second-order valence-electron chi connectivity index (χ2n) is 4.27. The molecule has 2 N–H and O–H groups in total. The van der Waals surface area contributed by atoms with Crippen LogP contribution in [0.2, 0.25) is 0 Å². The molecular formula is C14H14BrFN2O. The zero-order valence-corrected chi connectivity index (χ0v) is 12.0. The topological polar surface area (TPSA) is 48.1 Å². The molecule has 0 aliphatic carbocycles. The fourth-order valence-electron chi connectivity index (χ4n) is 1.71. The summed E-state index contributed by atoms with van der Waals surface area (Å²) in [5, 5.41) is 0. The summed E-state index contributed by atoms with van der Waals surface area (Å²) >= 11 is 3.34. The number of pyridine rings is 1. The number of hydrogen-bond donors (Lipinski definition) is 1. The Morgan fingerprint density at radius 2 is 2.16 bits per heavy atom. The highest BCUT2D eigenvalue weighted by Crippen LogP contribution is 2.25. The van der Waals surface area contributed by atoms with Crippen molar-refractivity contribution in [2.75, 3.05) is 0 Å². The quantitative estimate of drug-likeness (QED) is 0.935. The van der Waals surface area contributed by atoms with E-state index in [2.05, 4.69) is 20.9 Å². The third kappa shape index (κ3) is 3.75. The molecule has 0 aliphatic rings. The third-order valence-electron chi connectivity index (χ3n) is 2.62.